The smallest absolute Gasteiger partial charge is 0.226 e. The normalized spacial score (nSPS) is 17.9. The average Bonchev–Trinajstić information content (AvgIpc) is 2.95. The molecule has 1 atom stereocenters. The number of amides is 1. The Hall–Kier alpha value is -2.14. The first-order valence-corrected chi connectivity index (χ1v) is 8.21. The largest absolute Gasteiger partial charge is 0.441 e. The van der Waals surface area contributed by atoms with Gasteiger partial charge in [-0.25, -0.2) is 4.98 Å². The summed E-state index contributed by atoms with van der Waals surface area (Å²) >= 11 is 0. The second-order valence-electron chi connectivity index (χ2n) is 6.08. The highest BCUT2D eigenvalue weighted by molar-refractivity contribution is 5.78. The highest BCUT2D eigenvalue weighted by atomic mass is 16.4. The van der Waals surface area contributed by atoms with Crippen LogP contribution in [-0.4, -0.2) is 30.5 Å². The highest BCUT2D eigenvalue weighted by Gasteiger charge is 2.17. The third kappa shape index (κ3) is 4.20. The Labute approximate surface area is 136 Å². The Balaban J connectivity index is 1.57. The lowest BCUT2D eigenvalue weighted by atomic mass is 10.00. The number of carbonyl (C=O) groups is 1. The molecule has 2 N–H and O–H groups in total. The molecule has 1 amide bonds. The molecule has 23 heavy (non-hydrogen) atoms. The molecular formula is C18H23N3O2. The van der Waals surface area contributed by atoms with Gasteiger partial charge in [0.2, 0.25) is 11.8 Å². The molecule has 0 bridgehead atoms. The molecule has 1 unspecified atom stereocenters. The van der Waals surface area contributed by atoms with E-state index in [4.69, 9.17) is 4.42 Å². The fourth-order valence-electron chi connectivity index (χ4n) is 2.87. The molecule has 1 aromatic heterocycles. The van der Waals surface area contributed by atoms with Crippen molar-refractivity contribution in [3.63, 3.8) is 0 Å². The maximum absolute atomic E-state index is 12.1. The Morgan fingerprint density at radius 3 is 2.96 bits per heavy atom. The van der Waals surface area contributed by atoms with E-state index in [1.807, 2.05) is 37.3 Å². The highest BCUT2D eigenvalue weighted by Crippen LogP contribution is 2.21. The molecule has 0 radical (unpaired) electrons. The van der Waals surface area contributed by atoms with Crippen LogP contribution in [0.15, 0.2) is 34.7 Å². The van der Waals surface area contributed by atoms with Crippen molar-refractivity contribution in [3.05, 3.63) is 41.8 Å². The van der Waals surface area contributed by atoms with Gasteiger partial charge in [0.15, 0.2) is 0 Å². The molecule has 122 valence electrons. The summed E-state index contributed by atoms with van der Waals surface area (Å²) in [4.78, 5) is 16.6. The molecule has 2 aromatic rings. The Bertz CT molecular complexity index is 646. The number of hydrogen-bond acceptors (Lipinski definition) is 4. The summed E-state index contributed by atoms with van der Waals surface area (Å²) < 4.78 is 5.69. The summed E-state index contributed by atoms with van der Waals surface area (Å²) in [5.41, 5.74) is 1.64. The van der Waals surface area contributed by atoms with Crippen LogP contribution in [0.5, 0.6) is 0 Å². The summed E-state index contributed by atoms with van der Waals surface area (Å²) in [6, 6.07) is 9.74. The number of aryl methyl sites for hydroxylation is 1. The Kier molecular flexibility index (Phi) is 5.08. The first kappa shape index (κ1) is 15.7. The third-order valence-electron chi connectivity index (χ3n) is 4.23. The van der Waals surface area contributed by atoms with E-state index >= 15 is 0 Å². The van der Waals surface area contributed by atoms with Crippen molar-refractivity contribution in [1.29, 1.82) is 0 Å². The number of hydrogen-bond donors (Lipinski definition) is 2. The minimum absolute atomic E-state index is 0.00610. The van der Waals surface area contributed by atoms with Gasteiger partial charge in [-0.1, -0.05) is 18.2 Å². The van der Waals surface area contributed by atoms with Crippen LogP contribution in [0.25, 0.3) is 11.5 Å². The van der Waals surface area contributed by atoms with Crippen LogP contribution in [0.2, 0.25) is 0 Å². The monoisotopic (exact) mass is 313 g/mol. The zero-order valence-corrected chi connectivity index (χ0v) is 13.5. The van der Waals surface area contributed by atoms with Gasteiger partial charge in [-0.05, 0) is 50.9 Å². The summed E-state index contributed by atoms with van der Waals surface area (Å²) in [6.07, 6.45) is 2.63. The molecule has 3 rings (SSSR count). The first-order valence-electron chi connectivity index (χ1n) is 8.21. The number of nitrogens with one attached hydrogen (secondary N) is 2. The zero-order valence-electron chi connectivity index (χ0n) is 13.5. The van der Waals surface area contributed by atoms with Gasteiger partial charge in [0.25, 0.3) is 0 Å². The van der Waals surface area contributed by atoms with Crippen LogP contribution < -0.4 is 10.6 Å². The van der Waals surface area contributed by atoms with Crippen LogP contribution in [0.4, 0.5) is 0 Å². The molecule has 5 nitrogen and oxygen atoms in total. The second-order valence-corrected chi connectivity index (χ2v) is 6.08. The first-order chi connectivity index (χ1) is 11.2. The number of aromatic nitrogens is 1. The minimum Gasteiger partial charge on any atom is -0.441 e. The van der Waals surface area contributed by atoms with Crippen molar-refractivity contribution in [3.8, 4) is 11.5 Å². The molecule has 1 aliphatic rings. The van der Waals surface area contributed by atoms with Crippen LogP contribution in [0, 0.1) is 12.8 Å². The van der Waals surface area contributed by atoms with Gasteiger partial charge >= 0.3 is 0 Å². The predicted molar refractivity (Wildman–Crippen MR) is 89.0 cm³/mol. The average molecular weight is 313 g/mol. The van der Waals surface area contributed by atoms with Gasteiger partial charge in [-0.15, -0.1) is 0 Å². The van der Waals surface area contributed by atoms with E-state index in [9.17, 15) is 4.79 Å². The SMILES string of the molecule is Cc1oc(-c2ccccc2)nc1CC(=O)NCC1CCCNC1. The lowest BCUT2D eigenvalue weighted by molar-refractivity contribution is -0.120. The van der Waals surface area contributed by atoms with Crippen LogP contribution in [-0.2, 0) is 11.2 Å². The van der Waals surface area contributed by atoms with Gasteiger partial charge in [-0.2, -0.15) is 0 Å². The maximum Gasteiger partial charge on any atom is 0.226 e. The van der Waals surface area contributed by atoms with Crippen LogP contribution in [0.1, 0.15) is 24.3 Å². The van der Waals surface area contributed by atoms with Gasteiger partial charge in [0.1, 0.15) is 5.76 Å². The van der Waals surface area contributed by atoms with E-state index < -0.39 is 0 Å². The van der Waals surface area contributed by atoms with Crippen molar-refractivity contribution in [2.45, 2.75) is 26.2 Å². The van der Waals surface area contributed by atoms with Crippen molar-refractivity contribution < 1.29 is 9.21 Å². The standard InChI is InChI=1S/C18H23N3O2/c1-13-16(21-18(23-13)15-7-3-2-4-8-15)10-17(22)20-12-14-6-5-9-19-11-14/h2-4,7-8,14,19H,5-6,9-12H2,1H3,(H,20,22). The van der Waals surface area contributed by atoms with Gasteiger partial charge < -0.3 is 15.1 Å². The summed E-state index contributed by atoms with van der Waals surface area (Å²) in [7, 11) is 0. The van der Waals surface area contributed by atoms with E-state index in [-0.39, 0.29) is 12.3 Å². The maximum atomic E-state index is 12.1. The fraction of sp³-hybridized carbons (Fsp3) is 0.444. The molecule has 1 aliphatic heterocycles. The molecule has 2 heterocycles. The predicted octanol–water partition coefficient (Wildman–Crippen LogP) is 2.31. The summed E-state index contributed by atoms with van der Waals surface area (Å²) in [5.74, 6) is 1.82. The molecule has 5 heteroatoms. The lowest BCUT2D eigenvalue weighted by Crippen LogP contribution is -2.38. The number of benzene rings is 1. The number of carbonyl (C=O) groups excluding carboxylic acids is 1. The van der Waals surface area contributed by atoms with Gasteiger partial charge in [-0.3, -0.25) is 4.79 Å². The zero-order chi connectivity index (χ0) is 16.1. The van der Waals surface area contributed by atoms with E-state index in [2.05, 4.69) is 15.6 Å². The van der Waals surface area contributed by atoms with E-state index in [0.717, 1.165) is 25.2 Å². The minimum atomic E-state index is 0.00610. The van der Waals surface area contributed by atoms with E-state index in [1.54, 1.807) is 0 Å². The van der Waals surface area contributed by atoms with Gasteiger partial charge in [0, 0.05) is 12.1 Å². The molecule has 1 fully saturated rings. The molecule has 1 saturated heterocycles. The summed E-state index contributed by atoms with van der Waals surface area (Å²) in [5, 5.41) is 6.38. The Morgan fingerprint density at radius 2 is 2.22 bits per heavy atom. The number of oxazole rings is 1. The van der Waals surface area contributed by atoms with Crippen molar-refractivity contribution in [1.82, 2.24) is 15.6 Å². The number of piperidine rings is 1. The van der Waals surface area contributed by atoms with E-state index in [1.165, 1.54) is 12.8 Å². The second kappa shape index (κ2) is 7.42. The molecule has 1 aromatic carbocycles. The quantitative estimate of drug-likeness (QED) is 0.889. The molecule has 0 aliphatic carbocycles. The van der Waals surface area contributed by atoms with Gasteiger partial charge in [0.05, 0.1) is 12.1 Å². The van der Waals surface area contributed by atoms with Crippen molar-refractivity contribution in [2.24, 2.45) is 5.92 Å². The number of nitrogens with zero attached hydrogens (tertiary/aromatic N) is 1. The Morgan fingerprint density at radius 1 is 1.39 bits per heavy atom. The third-order valence-corrected chi connectivity index (χ3v) is 4.23. The molecule has 0 saturated carbocycles. The summed E-state index contributed by atoms with van der Waals surface area (Å²) in [6.45, 7) is 4.66. The van der Waals surface area contributed by atoms with Crippen LogP contribution in [0.3, 0.4) is 0 Å². The number of rotatable bonds is 5. The van der Waals surface area contributed by atoms with Crippen molar-refractivity contribution in [2.75, 3.05) is 19.6 Å². The lowest BCUT2D eigenvalue weighted by Gasteiger charge is -2.22. The molecule has 0 spiro atoms. The topological polar surface area (TPSA) is 67.2 Å². The molecular weight excluding hydrogens is 290 g/mol. The van der Waals surface area contributed by atoms with Crippen molar-refractivity contribution >= 4 is 5.91 Å². The van der Waals surface area contributed by atoms with E-state index in [0.29, 0.717) is 23.3 Å². The van der Waals surface area contributed by atoms with Crippen LogP contribution >= 0.6 is 0 Å². The fourth-order valence-corrected chi connectivity index (χ4v) is 2.87.